The van der Waals surface area contributed by atoms with Crippen LogP contribution in [0.15, 0.2) is 0 Å². The average molecular weight is 299 g/mol. The first-order valence-electron chi connectivity index (χ1n) is 7.71. The summed E-state index contributed by atoms with van der Waals surface area (Å²) in [7, 11) is 3.97. The van der Waals surface area contributed by atoms with Gasteiger partial charge >= 0.3 is 12.0 Å². The lowest BCUT2D eigenvalue weighted by Gasteiger charge is -2.34. The summed E-state index contributed by atoms with van der Waals surface area (Å²) in [5, 5.41) is 9.43. The Bertz CT molecular complexity index is 386. The molecule has 2 amide bonds. The van der Waals surface area contributed by atoms with Gasteiger partial charge in [0, 0.05) is 32.2 Å². The summed E-state index contributed by atoms with van der Waals surface area (Å²) in [6.07, 6.45) is 1.11. The van der Waals surface area contributed by atoms with Gasteiger partial charge in [-0.25, -0.2) is 4.79 Å². The molecule has 1 aliphatic heterocycles. The van der Waals surface area contributed by atoms with Gasteiger partial charge in [0.1, 0.15) is 0 Å². The summed E-state index contributed by atoms with van der Waals surface area (Å²) in [4.78, 5) is 29.7. The van der Waals surface area contributed by atoms with Gasteiger partial charge in [-0.3, -0.25) is 4.79 Å². The van der Waals surface area contributed by atoms with Crippen LogP contribution in [0.1, 0.15) is 33.6 Å². The van der Waals surface area contributed by atoms with Gasteiger partial charge in [0.05, 0.1) is 5.41 Å². The van der Waals surface area contributed by atoms with Crippen LogP contribution in [0.3, 0.4) is 0 Å². The van der Waals surface area contributed by atoms with Gasteiger partial charge in [0.25, 0.3) is 0 Å². The standard InChI is InChI=1S/C15H29N3O3/c1-6-15(13(19)20)8-9-17(11-15)14(21)18(7-2)12(3)10-16(4)5/h12H,6-11H2,1-5H3,(H,19,20). The molecule has 0 aliphatic carbocycles. The third-order valence-corrected chi connectivity index (χ3v) is 4.50. The Kier molecular flexibility index (Phi) is 6.01. The van der Waals surface area contributed by atoms with Crippen LogP contribution in [0.25, 0.3) is 0 Å². The molecule has 1 fully saturated rings. The van der Waals surface area contributed by atoms with Crippen LogP contribution in [0.2, 0.25) is 0 Å². The van der Waals surface area contributed by atoms with Crippen molar-refractivity contribution in [3.63, 3.8) is 0 Å². The maximum atomic E-state index is 12.7. The number of rotatable bonds is 6. The van der Waals surface area contributed by atoms with Crippen LogP contribution in [0.5, 0.6) is 0 Å². The molecule has 0 bridgehead atoms. The number of likely N-dealkylation sites (N-methyl/N-ethyl adjacent to an activating group) is 2. The van der Waals surface area contributed by atoms with Gasteiger partial charge in [0.15, 0.2) is 0 Å². The minimum absolute atomic E-state index is 0.0385. The third kappa shape index (κ3) is 3.87. The number of carbonyl (C=O) groups excluding carboxylic acids is 1. The predicted octanol–water partition coefficient (Wildman–Crippen LogP) is 1.57. The number of hydrogen-bond acceptors (Lipinski definition) is 3. The van der Waals surface area contributed by atoms with E-state index in [-0.39, 0.29) is 12.1 Å². The molecule has 1 N–H and O–H groups in total. The fourth-order valence-corrected chi connectivity index (χ4v) is 3.09. The fourth-order valence-electron chi connectivity index (χ4n) is 3.09. The van der Waals surface area contributed by atoms with Crippen LogP contribution in [-0.4, -0.2) is 78.1 Å². The van der Waals surface area contributed by atoms with E-state index in [1.165, 1.54) is 0 Å². The van der Waals surface area contributed by atoms with Crippen molar-refractivity contribution in [3.05, 3.63) is 0 Å². The highest BCUT2D eigenvalue weighted by molar-refractivity contribution is 5.80. The molecule has 0 aromatic heterocycles. The molecule has 122 valence electrons. The van der Waals surface area contributed by atoms with Crippen molar-refractivity contribution in [2.24, 2.45) is 5.41 Å². The Labute approximate surface area is 127 Å². The number of nitrogens with zero attached hydrogens (tertiary/aromatic N) is 3. The van der Waals surface area contributed by atoms with Gasteiger partial charge in [-0.15, -0.1) is 0 Å². The number of carboxylic acids is 1. The minimum atomic E-state index is -0.787. The first kappa shape index (κ1) is 17.8. The number of hydrogen-bond donors (Lipinski definition) is 1. The highest BCUT2D eigenvalue weighted by Gasteiger charge is 2.45. The molecule has 21 heavy (non-hydrogen) atoms. The van der Waals surface area contributed by atoms with Gasteiger partial charge in [0.2, 0.25) is 0 Å². The third-order valence-electron chi connectivity index (χ3n) is 4.50. The number of carboxylic acid groups (broad SMARTS) is 1. The second-order valence-electron chi connectivity index (χ2n) is 6.29. The van der Waals surface area contributed by atoms with Gasteiger partial charge < -0.3 is 19.8 Å². The number of urea groups is 1. The molecule has 1 heterocycles. The van der Waals surface area contributed by atoms with E-state index in [0.29, 0.717) is 32.5 Å². The molecule has 0 radical (unpaired) electrons. The quantitative estimate of drug-likeness (QED) is 0.808. The zero-order valence-corrected chi connectivity index (χ0v) is 13.9. The Morgan fingerprint density at radius 1 is 1.33 bits per heavy atom. The van der Waals surface area contributed by atoms with Gasteiger partial charge in [-0.05, 0) is 40.8 Å². The molecule has 0 aromatic carbocycles. The molecule has 2 unspecified atom stereocenters. The van der Waals surface area contributed by atoms with Gasteiger partial charge in [-0.2, -0.15) is 0 Å². The summed E-state index contributed by atoms with van der Waals surface area (Å²) in [5.41, 5.74) is -0.764. The maximum Gasteiger partial charge on any atom is 0.320 e. The second kappa shape index (κ2) is 7.11. The van der Waals surface area contributed by atoms with E-state index in [0.717, 1.165) is 6.54 Å². The fraction of sp³-hybridized carbons (Fsp3) is 0.867. The number of aliphatic carboxylic acids is 1. The summed E-state index contributed by atoms with van der Waals surface area (Å²) < 4.78 is 0. The lowest BCUT2D eigenvalue weighted by atomic mass is 9.84. The predicted molar refractivity (Wildman–Crippen MR) is 82.3 cm³/mol. The van der Waals surface area contributed by atoms with Crippen LogP contribution >= 0.6 is 0 Å². The summed E-state index contributed by atoms with van der Waals surface area (Å²) >= 11 is 0. The first-order chi connectivity index (χ1) is 9.77. The number of likely N-dealkylation sites (tertiary alicyclic amines) is 1. The Hall–Kier alpha value is -1.30. The zero-order chi connectivity index (χ0) is 16.2. The average Bonchev–Trinajstić information content (AvgIpc) is 2.84. The molecule has 6 nitrogen and oxygen atoms in total. The molecule has 2 atom stereocenters. The lowest BCUT2D eigenvalue weighted by molar-refractivity contribution is -0.148. The topological polar surface area (TPSA) is 64.1 Å². The largest absolute Gasteiger partial charge is 0.481 e. The molecular formula is C15H29N3O3. The molecular weight excluding hydrogens is 270 g/mol. The molecule has 0 spiro atoms. The Morgan fingerprint density at radius 3 is 2.33 bits per heavy atom. The van der Waals surface area contributed by atoms with Crippen LogP contribution in [0, 0.1) is 5.41 Å². The molecule has 1 aliphatic rings. The molecule has 0 saturated carbocycles. The molecule has 1 saturated heterocycles. The van der Waals surface area contributed by atoms with Crippen molar-refractivity contribution in [2.45, 2.75) is 39.7 Å². The van der Waals surface area contributed by atoms with E-state index < -0.39 is 11.4 Å². The zero-order valence-electron chi connectivity index (χ0n) is 13.9. The number of amides is 2. The summed E-state index contributed by atoms with van der Waals surface area (Å²) in [6, 6.07) is 0.0716. The van der Waals surface area contributed by atoms with Crippen LogP contribution in [-0.2, 0) is 4.79 Å². The van der Waals surface area contributed by atoms with E-state index in [1.807, 2.05) is 39.8 Å². The molecule has 0 aromatic rings. The first-order valence-corrected chi connectivity index (χ1v) is 7.71. The van der Waals surface area contributed by atoms with Crippen molar-refractivity contribution < 1.29 is 14.7 Å². The highest BCUT2D eigenvalue weighted by atomic mass is 16.4. The SMILES string of the molecule is CCN(C(=O)N1CCC(CC)(C(=O)O)C1)C(C)CN(C)C. The Balaban J connectivity index is 2.77. The number of carbonyl (C=O) groups is 2. The van der Waals surface area contributed by atoms with Crippen molar-refractivity contribution >= 4 is 12.0 Å². The minimum Gasteiger partial charge on any atom is -0.481 e. The van der Waals surface area contributed by atoms with E-state index >= 15 is 0 Å². The second-order valence-corrected chi connectivity index (χ2v) is 6.29. The van der Waals surface area contributed by atoms with Crippen molar-refractivity contribution in [3.8, 4) is 0 Å². The highest BCUT2D eigenvalue weighted by Crippen LogP contribution is 2.34. The van der Waals surface area contributed by atoms with E-state index in [1.54, 1.807) is 4.90 Å². The molecule has 6 heteroatoms. The van der Waals surface area contributed by atoms with Crippen LogP contribution in [0.4, 0.5) is 4.79 Å². The lowest BCUT2D eigenvalue weighted by Crippen LogP contribution is -2.50. The van der Waals surface area contributed by atoms with Gasteiger partial charge in [-0.1, -0.05) is 6.92 Å². The van der Waals surface area contributed by atoms with Crippen LogP contribution < -0.4 is 0 Å². The summed E-state index contributed by atoms with van der Waals surface area (Å²) in [6.45, 7) is 8.16. The van der Waals surface area contributed by atoms with E-state index in [9.17, 15) is 14.7 Å². The molecule has 1 rings (SSSR count). The Morgan fingerprint density at radius 2 is 1.95 bits per heavy atom. The van der Waals surface area contributed by atoms with Crippen molar-refractivity contribution in [2.75, 3.05) is 40.3 Å². The summed E-state index contributed by atoms with van der Waals surface area (Å²) in [5.74, 6) is -0.787. The van der Waals surface area contributed by atoms with Crippen molar-refractivity contribution in [1.82, 2.24) is 14.7 Å². The normalized spacial score (nSPS) is 23.4. The van der Waals surface area contributed by atoms with Crippen molar-refractivity contribution in [1.29, 1.82) is 0 Å². The van der Waals surface area contributed by atoms with E-state index in [2.05, 4.69) is 4.90 Å². The van der Waals surface area contributed by atoms with E-state index in [4.69, 9.17) is 0 Å². The smallest absolute Gasteiger partial charge is 0.320 e. The maximum absolute atomic E-state index is 12.7. The monoisotopic (exact) mass is 299 g/mol.